The molecule has 0 saturated heterocycles. The maximum absolute atomic E-state index is 9.62. The summed E-state index contributed by atoms with van der Waals surface area (Å²) in [4.78, 5) is 14.6. The van der Waals surface area contributed by atoms with Crippen molar-refractivity contribution in [3.05, 3.63) is 176 Å². The Morgan fingerprint density at radius 3 is 1.91 bits per heavy atom. The van der Waals surface area contributed by atoms with Crippen LogP contribution in [0.4, 0.5) is 0 Å². The summed E-state index contributed by atoms with van der Waals surface area (Å²) < 4.78 is 92.3. The van der Waals surface area contributed by atoms with Gasteiger partial charge in [0, 0.05) is 43.6 Å². The quantitative estimate of drug-likeness (QED) is 0.179. The summed E-state index contributed by atoms with van der Waals surface area (Å²) in [5.41, 5.74) is 5.93. The van der Waals surface area contributed by atoms with E-state index in [2.05, 4.69) is 18.2 Å². The van der Waals surface area contributed by atoms with Crippen LogP contribution in [0, 0.1) is 0 Å². The molecule has 3 heterocycles. The van der Waals surface area contributed by atoms with Crippen LogP contribution in [0.15, 0.2) is 185 Å². The molecule has 5 nitrogen and oxygen atoms in total. The molecule has 0 unspecified atom stereocenters. The Kier molecular flexibility index (Phi) is 5.06. The molecule has 0 aliphatic rings. The Morgan fingerprint density at radius 2 is 1.09 bits per heavy atom. The highest BCUT2D eigenvalue weighted by molar-refractivity contribution is 6.16. The predicted octanol–water partition coefficient (Wildman–Crippen LogP) is 13.2. The fourth-order valence-electron chi connectivity index (χ4n) is 7.03. The van der Waals surface area contributed by atoms with Crippen LogP contribution in [0.2, 0.25) is 0 Å². The maximum atomic E-state index is 9.62. The number of aromatic nitrogens is 3. The van der Waals surface area contributed by atoms with Crippen molar-refractivity contribution in [1.29, 1.82) is 0 Å². The smallest absolute Gasteiger partial charge is 0.164 e. The Morgan fingerprint density at radius 1 is 0.407 bits per heavy atom. The van der Waals surface area contributed by atoms with Crippen molar-refractivity contribution in [2.45, 2.75) is 0 Å². The van der Waals surface area contributed by atoms with Gasteiger partial charge in [0.25, 0.3) is 0 Å². The van der Waals surface area contributed by atoms with Crippen LogP contribution < -0.4 is 0 Å². The minimum atomic E-state index is -0.568. The van der Waals surface area contributed by atoms with Gasteiger partial charge in [-0.2, -0.15) is 0 Å². The fraction of sp³-hybridized carbons (Fsp3) is 0. The van der Waals surface area contributed by atoms with Gasteiger partial charge in [0.15, 0.2) is 17.5 Å². The van der Waals surface area contributed by atoms with Crippen LogP contribution >= 0.6 is 0 Å². The second-order valence-corrected chi connectivity index (χ2v) is 12.9. The number of fused-ring (bicyclic) bond motifs is 8. The first kappa shape index (κ1) is 22.5. The molecule has 0 N–H and O–H groups in total. The first-order valence-electron chi connectivity index (χ1n) is 21.8. The molecule has 0 spiro atoms. The minimum absolute atomic E-state index is 0.0811. The Balaban J connectivity index is 1.16. The van der Waals surface area contributed by atoms with Gasteiger partial charge < -0.3 is 8.83 Å². The van der Waals surface area contributed by atoms with Gasteiger partial charge in [0.2, 0.25) is 0 Å². The highest BCUT2D eigenvalue weighted by Gasteiger charge is 2.18. The van der Waals surface area contributed by atoms with Crippen LogP contribution in [-0.4, -0.2) is 15.0 Å². The summed E-state index contributed by atoms with van der Waals surface area (Å²) in [7, 11) is 0. The average Bonchev–Trinajstić information content (AvgIpc) is 3.91. The van der Waals surface area contributed by atoms with Gasteiger partial charge in [-0.15, -0.1) is 0 Å². The van der Waals surface area contributed by atoms with E-state index in [1.165, 1.54) is 0 Å². The summed E-state index contributed by atoms with van der Waals surface area (Å²) >= 11 is 0. The van der Waals surface area contributed by atoms with Crippen molar-refractivity contribution in [3.8, 4) is 56.4 Å². The molecule has 0 saturated carbocycles. The number of furan rings is 2. The zero-order valence-corrected chi connectivity index (χ0v) is 28.2. The maximum Gasteiger partial charge on any atom is 0.164 e. The number of rotatable bonds is 5. The zero-order chi connectivity index (χ0) is 43.4. The van der Waals surface area contributed by atoms with E-state index in [1.54, 1.807) is 0 Å². The lowest BCUT2D eigenvalue weighted by atomic mass is 9.99. The van der Waals surface area contributed by atoms with E-state index in [4.69, 9.17) is 33.4 Å². The van der Waals surface area contributed by atoms with E-state index >= 15 is 0 Å². The lowest BCUT2D eigenvalue weighted by molar-refractivity contribution is 0.669. The molecule has 0 aliphatic carbocycles. The van der Waals surface area contributed by atoms with E-state index in [1.807, 2.05) is 103 Å². The van der Waals surface area contributed by atoms with Gasteiger partial charge in [0.1, 0.15) is 22.3 Å². The van der Waals surface area contributed by atoms with Gasteiger partial charge in [-0.3, -0.25) is 0 Å². The molecule has 0 radical (unpaired) electrons. The number of hydrogen-bond donors (Lipinski definition) is 0. The molecule has 252 valence electrons. The van der Waals surface area contributed by atoms with Crippen molar-refractivity contribution in [2.75, 3.05) is 0 Å². The van der Waals surface area contributed by atoms with Crippen LogP contribution in [0.3, 0.4) is 0 Å². The van der Waals surface area contributed by atoms with Gasteiger partial charge in [-0.1, -0.05) is 133 Å². The number of hydrogen-bond acceptors (Lipinski definition) is 5. The molecule has 0 bridgehead atoms. The standard InChI is InChI=1S/C49H29N3O2/c1-3-10-30(11-4-1)31-18-20-34(21-19-31)47-50-48(35-24-27-42-41(28-35)39-25-22-33-14-7-8-15-38(33)46(39)54-42)52-49(51-47)36-23-26-40-44(29-36)53-43-17-9-16-37(45(40)43)32-12-5-2-6-13-32/h1-29H/i7D,8D,14D,15D,22D,24D,25D,27D,28D. The van der Waals surface area contributed by atoms with Gasteiger partial charge in [-0.05, 0) is 70.0 Å². The van der Waals surface area contributed by atoms with Gasteiger partial charge >= 0.3 is 0 Å². The lowest BCUT2D eigenvalue weighted by Gasteiger charge is -2.09. The SMILES string of the molecule is [2H]c1c(-c2nc(-c3ccc(-c4ccccc4)cc3)nc(-c3ccc4c(c3)oc3cccc(-c5ccccc5)c34)n2)c([2H])c2c(oc3c4c([2H])c([2H])c([2H])c([2H])c4c([2H])c([2H])c32)c1[2H]. The van der Waals surface area contributed by atoms with Gasteiger partial charge in [0.05, 0.1) is 12.3 Å². The lowest BCUT2D eigenvalue weighted by Crippen LogP contribution is -2.00. The summed E-state index contributed by atoms with van der Waals surface area (Å²) in [6.07, 6.45) is 0. The molecular weight excluding hydrogens is 663 g/mol. The van der Waals surface area contributed by atoms with E-state index in [0.29, 0.717) is 22.3 Å². The number of benzene rings is 8. The van der Waals surface area contributed by atoms with Crippen molar-refractivity contribution in [3.63, 3.8) is 0 Å². The summed E-state index contributed by atoms with van der Waals surface area (Å²) in [5.74, 6) is 0.329. The Labute approximate surface area is 322 Å². The van der Waals surface area contributed by atoms with E-state index in [-0.39, 0.29) is 61.8 Å². The summed E-state index contributed by atoms with van der Waals surface area (Å²) in [5, 5.41) is 1.29. The van der Waals surface area contributed by atoms with E-state index < -0.39 is 48.3 Å². The third kappa shape index (κ3) is 4.98. The first-order valence-corrected chi connectivity index (χ1v) is 17.3. The molecule has 3 aromatic heterocycles. The second kappa shape index (κ2) is 12.1. The van der Waals surface area contributed by atoms with Crippen LogP contribution in [0.5, 0.6) is 0 Å². The topological polar surface area (TPSA) is 65.0 Å². The molecule has 0 fully saturated rings. The van der Waals surface area contributed by atoms with Crippen molar-refractivity contribution < 1.29 is 21.2 Å². The third-order valence-electron chi connectivity index (χ3n) is 9.64. The van der Waals surface area contributed by atoms with Crippen LogP contribution in [-0.2, 0) is 0 Å². The Hall–Kier alpha value is -7.37. The predicted molar refractivity (Wildman–Crippen MR) is 219 cm³/mol. The monoisotopic (exact) mass is 700 g/mol. The molecule has 8 aromatic carbocycles. The van der Waals surface area contributed by atoms with Crippen LogP contribution in [0.1, 0.15) is 12.3 Å². The van der Waals surface area contributed by atoms with E-state index in [9.17, 15) is 2.74 Å². The summed E-state index contributed by atoms with van der Waals surface area (Å²) in [6.45, 7) is 0. The van der Waals surface area contributed by atoms with E-state index in [0.717, 1.165) is 33.0 Å². The fourth-order valence-corrected chi connectivity index (χ4v) is 7.03. The highest BCUT2D eigenvalue weighted by atomic mass is 16.3. The highest BCUT2D eigenvalue weighted by Crippen LogP contribution is 2.39. The molecule has 0 aliphatic heterocycles. The zero-order valence-electron chi connectivity index (χ0n) is 37.2. The largest absolute Gasteiger partial charge is 0.456 e. The average molecular weight is 701 g/mol. The molecule has 5 heteroatoms. The van der Waals surface area contributed by atoms with Gasteiger partial charge in [-0.25, -0.2) is 15.0 Å². The molecular formula is C49H29N3O2. The molecule has 0 atom stereocenters. The second-order valence-electron chi connectivity index (χ2n) is 12.9. The van der Waals surface area contributed by atoms with Crippen molar-refractivity contribution in [2.24, 2.45) is 0 Å². The molecule has 0 amide bonds. The molecule has 11 rings (SSSR count). The number of nitrogens with zero attached hydrogens (tertiary/aromatic N) is 3. The third-order valence-corrected chi connectivity index (χ3v) is 9.64. The van der Waals surface area contributed by atoms with Crippen molar-refractivity contribution in [1.82, 2.24) is 15.0 Å². The normalized spacial score (nSPS) is 14.0. The minimum Gasteiger partial charge on any atom is -0.456 e. The Bertz CT molecular complexity index is 3720. The molecule has 11 aromatic rings. The first-order chi connectivity index (χ1) is 30.5. The summed E-state index contributed by atoms with van der Waals surface area (Å²) in [6, 6.07) is 34.8. The van der Waals surface area contributed by atoms with Crippen molar-refractivity contribution >= 4 is 54.6 Å². The van der Waals surface area contributed by atoms with Crippen LogP contribution in [0.25, 0.3) is 111 Å². The molecule has 54 heavy (non-hydrogen) atoms.